The quantitative estimate of drug-likeness (QED) is 0.883. The number of aromatic amines is 1. The number of para-hydroxylation sites is 1. The van der Waals surface area contributed by atoms with Crippen molar-refractivity contribution in [3.63, 3.8) is 0 Å². The summed E-state index contributed by atoms with van der Waals surface area (Å²) in [5.74, 6) is -0.606. The van der Waals surface area contributed by atoms with Crippen molar-refractivity contribution in [3.8, 4) is 0 Å². The number of H-pyrrole nitrogens is 1. The van der Waals surface area contributed by atoms with E-state index in [1.54, 1.807) is 4.90 Å². The van der Waals surface area contributed by atoms with Crippen LogP contribution < -0.4 is 5.73 Å². The number of primary amides is 1. The van der Waals surface area contributed by atoms with Crippen molar-refractivity contribution in [2.75, 3.05) is 6.54 Å². The Labute approximate surface area is 123 Å². The molecule has 5 nitrogen and oxygen atoms in total. The predicted molar refractivity (Wildman–Crippen MR) is 80.7 cm³/mol. The first kappa shape index (κ1) is 13.7. The molecule has 1 aromatic heterocycles. The normalized spacial score (nSPS) is 20.9. The lowest BCUT2D eigenvalue weighted by molar-refractivity contribution is -0.121. The molecule has 0 saturated carbocycles. The Kier molecular flexibility index (Phi) is 3.01. The van der Waals surface area contributed by atoms with Crippen molar-refractivity contribution in [2.24, 2.45) is 11.1 Å². The number of fused-ring (bicyclic) bond motifs is 1. The number of rotatable bonds is 2. The van der Waals surface area contributed by atoms with Crippen molar-refractivity contribution < 1.29 is 9.59 Å². The highest BCUT2D eigenvalue weighted by Gasteiger charge is 2.43. The third kappa shape index (κ3) is 2.39. The van der Waals surface area contributed by atoms with E-state index in [9.17, 15) is 9.59 Å². The molecule has 3 N–H and O–H groups in total. The van der Waals surface area contributed by atoms with Gasteiger partial charge in [0.15, 0.2) is 0 Å². The van der Waals surface area contributed by atoms with E-state index in [1.165, 1.54) is 0 Å². The number of nitrogens with one attached hydrogen (secondary N) is 1. The summed E-state index contributed by atoms with van der Waals surface area (Å²) in [4.78, 5) is 29.0. The molecule has 5 heteroatoms. The number of likely N-dealkylation sites (tertiary alicyclic amines) is 1. The average Bonchev–Trinajstić information content (AvgIpc) is 2.98. The van der Waals surface area contributed by atoms with Gasteiger partial charge in [-0.2, -0.15) is 0 Å². The van der Waals surface area contributed by atoms with E-state index in [0.717, 1.165) is 10.9 Å². The van der Waals surface area contributed by atoms with E-state index in [-0.39, 0.29) is 11.3 Å². The van der Waals surface area contributed by atoms with E-state index < -0.39 is 11.9 Å². The van der Waals surface area contributed by atoms with Gasteiger partial charge in [-0.1, -0.05) is 32.0 Å². The number of nitrogens with zero attached hydrogens (tertiary/aromatic N) is 1. The summed E-state index contributed by atoms with van der Waals surface area (Å²) >= 11 is 0. The lowest BCUT2D eigenvalue weighted by Crippen LogP contribution is -2.43. The minimum Gasteiger partial charge on any atom is -0.368 e. The largest absolute Gasteiger partial charge is 0.368 e. The third-order valence-corrected chi connectivity index (χ3v) is 4.07. The van der Waals surface area contributed by atoms with Crippen LogP contribution in [0.1, 0.15) is 30.8 Å². The van der Waals surface area contributed by atoms with Gasteiger partial charge in [-0.3, -0.25) is 9.59 Å². The second-order valence-corrected chi connectivity index (χ2v) is 6.49. The van der Waals surface area contributed by atoms with Crippen molar-refractivity contribution in [3.05, 3.63) is 36.0 Å². The average molecular weight is 285 g/mol. The van der Waals surface area contributed by atoms with Crippen LogP contribution in [-0.4, -0.2) is 34.3 Å². The molecule has 0 bridgehead atoms. The van der Waals surface area contributed by atoms with Crippen LogP contribution in [0.15, 0.2) is 30.3 Å². The molecule has 1 saturated heterocycles. The third-order valence-electron chi connectivity index (χ3n) is 4.07. The number of carbonyl (C=O) groups excluding carboxylic acids is 2. The first-order valence-corrected chi connectivity index (χ1v) is 7.05. The van der Waals surface area contributed by atoms with E-state index in [2.05, 4.69) is 4.98 Å². The van der Waals surface area contributed by atoms with Gasteiger partial charge in [0.25, 0.3) is 5.91 Å². The minimum absolute atomic E-state index is 0.0959. The molecule has 0 spiro atoms. The number of benzene rings is 1. The van der Waals surface area contributed by atoms with Gasteiger partial charge in [-0.25, -0.2) is 0 Å². The fraction of sp³-hybridized carbons (Fsp3) is 0.375. The fourth-order valence-electron chi connectivity index (χ4n) is 3.08. The molecule has 1 fully saturated rings. The molecule has 21 heavy (non-hydrogen) atoms. The Balaban J connectivity index is 1.95. The van der Waals surface area contributed by atoms with Crippen molar-refractivity contribution in [1.82, 2.24) is 9.88 Å². The standard InChI is InChI=1S/C16H19N3O2/c1-16(2)8-13(14(17)20)19(9-16)15(21)12-7-10-5-3-4-6-11(10)18-12/h3-7,13,18H,8-9H2,1-2H3,(H2,17,20). The van der Waals surface area contributed by atoms with Crippen LogP contribution >= 0.6 is 0 Å². The van der Waals surface area contributed by atoms with Crippen molar-refractivity contribution >= 4 is 22.7 Å². The van der Waals surface area contributed by atoms with Gasteiger partial charge in [0.2, 0.25) is 5.91 Å². The Morgan fingerprint density at radius 1 is 1.33 bits per heavy atom. The summed E-state index contributed by atoms with van der Waals surface area (Å²) in [7, 11) is 0. The Morgan fingerprint density at radius 3 is 2.71 bits per heavy atom. The monoisotopic (exact) mass is 285 g/mol. The van der Waals surface area contributed by atoms with Crippen molar-refractivity contribution in [2.45, 2.75) is 26.3 Å². The number of hydrogen-bond donors (Lipinski definition) is 2. The van der Waals surface area contributed by atoms with Crippen LogP contribution in [0.4, 0.5) is 0 Å². The molecule has 1 aliphatic heterocycles. The Morgan fingerprint density at radius 2 is 2.05 bits per heavy atom. The van der Waals surface area contributed by atoms with Gasteiger partial charge in [0.1, 0.15) is 11.7 Å². The van der Waals surface area contributed by atoms with Crippen LogP contribution in [-0.2, 0) is 4.79 Å². The molecule has 0 radical (unpaired) electrons. The summed E-state index contributed by atoms with van der Waals surface area (Å²) in [6, 6.07) is 9.00. The molecule has 1 atom stereocenters. The molecule has 0 aliphatic carbocycles. The molecule has 3 rings (SSSR count). The van der Waals surface area contributed by atoms with E-state index in [4.69, 9.17) is 5.73 Å². The van der Waals surface area contributed by atoms with E-state index >= 15 is 0 Å². The van der Waals surface area contributed by atoms with Gasteiger partial charge in [-0.05, 0) is 24.0 Å². The highest BCUT2D eigenvalue weighted by molar-refractivity contribution is 6.00. The maximum absolute atomic E-state index is 12.7. The number of amides is 2. The van der Waals surface area contributed by atoms with E-state index in [0.29, 0.717) is 18.7 Å². The maximum atomic E-state index is 12.7. The molecular formula is C16H19N3O2. The van der Waals surface area contributed by atoms with Gasteiger partial charge in [-0.15, -0.1) is 0 Å². The maximum Gasteiger partial charge on any atom is 0.271 e. The lowest BCUT2D eigenvalue weighted by atomic mass is 9.90. The number of hydrogen-bond acceptors (Lipinski definition) is 2. The SMILES string of the molecule is CC1(C)CC(C(N)=O)N(C(=O)c2cc3ccccc3[nH]2)C1. The van der Waals surface area contributed by atoms with Gasteiger partial charge in [0.05, 0.1) is 0 Å². The van der Waals surface area contributed by atoms with Crippen LogP contribution in [0.3, 0.4) is 0 Å². The summed E-state index contributed by atoms with van der Waals surface area (Å²) in [5.41, 5.74) is 6.77. The van der Waals surface area contributed by atoms with Crippen LogP contribution in [0.2, 0.25) is 0 Å². The lowest BCUT2D eigenvalue weighted by Gasteiger charge is -2.22. The number of nitrogens with two attached hydrogens (primary N) is 1. The zero-order valence-corrected chi connectivity index (χ0v) is 12.2. The molecular weight excluding hydrogens is 266 g/mol. The smallest absolute Gasteiger partial charge is 0.271 e. The molecule has 110 valence electrons. The Bertz CT molecular complexity index is 684. The molecule has 2 amide bonds. The highest BCUT2D eigenvalue weighted by Crippen LogP contribution is 2.34. The molecule has 1 aliphatic rings. The highest BCUT2D eigenvalue weighted by atomic mass is 16.2. The predicted octanol–water partition coefficient (Wildman–Crippen LogP) is 1.89. The molecule has 1 unspecified atom stereocenters. The summed E-state index contributed by atoms with van der Waals surface area (Å²) < 4.78 is 0. The van der Waals surface area contributed by atoms with Crippen LogP contribution in [0.5, 0.6) is 0 Å². The van der Waals surface area contributed by atoms with Gasteiger partial charge < -0.3 is 15.6 Å². The first-order chi connectivity index (χ1) is 9.87. The minimum atomic E-state index is -0.529. The van der Waals surface area contributed by atoms with Gasteiger partial charge in [0, 0.05) is 17.4 Å². The van der Waals surface area contributed by atoms with Gasteiger partial charge >= 0.3 is 0 Å². The van der Waals surface area contributed by atoms with Crippen molar-refractivity contribution in [1.29, 1.82) is 0 Å². The Hall–Kier alpha value is -2.30. The number of aromatic nitrogens is 1. The first-order valence-electron chi connectivity index (χ1n) is 7.05. The summed E-state index contributed by atoms with van der Waals surface area (Å²) in [6.07, 6.45) is 0.605. The van der Waals surface area contributed by atoms with Crippen LogP contribution in [0.25, 0.3) is 10.9 Å². The summed E-state index contributed by atoms with van der Waals surface area (Å²) in [5, 5.41) is 0.981. The molecule has 2 aromatic rings. The number of carbonyl (C=O) groups is 2. The summed E-state index contributed by atoms with van der Waals surface area (Å²) in [6.45, 7) is 4.62. The second-order valence-electron chi connectivity index (χ2n) is 6.49. The molecule has 1 aromatic carbocycles. The zero-order chi connectivity index (χ0) is 15.2. The van der Waals surface area contributed by atoms with E-state index in [1.807, 2.05) is 44.2 Å². The second kappa shape index (κ2) is 4.62. The fourth-order valence-corrected chi connectivity index (χ4v) is 3.08. The molecule has 2 heterocycles. The van der Waals surface area contributed by atoms with Crippen LogP contribution in [0, 0.1) is 5.41 Å². The zero-order valence-electron chi connectivity index (χ0n) is 12.2. The topological polar surface area (TPSA) is 79.2 Å².